The van der Waals surface area contributed by atoms with Gasteiger partial charge in [-0.15, -0.1) is 0 Å². The summed E-state index contributed by atoms with van der Waals surface area (Å²) >= 11 is 15.3. The number of rotatable bonds is 7. The van der Waals surface area contributed by atoms with E-state index in [0.717, 1.165) is 0 Å². The number of carbonyl (C=O) groups excluding carboxylic acids is 2. The van der Waals surface area contributed by atoms with Gasteiger partial charge >= 0.3 is 5.97 Å². The van der Waals surface area contributed by atoms with Crippen molar-refractivity contribution in [1.29, 1.82) is 5.26 Å². The molecule has 2 rings (SSSR count). The van der Waals surface area contributed by atoms with E-state index in [0.29, 0.717) is 20.7 Å². The molecule has 0 saturated heterocycles. The van der Waals surface area contributed by atoms with Crippen molar-refractivity contribution in [3.63, 3.8) is 0 Å². The minimum absolute atomic E-state index is 0.122. The molecular weight excluding hydrogens is 483 g/mol. The van der Waals surface area contributed by atoms with Gasteiger partial charge in [0, 0.05) is 10.7 Å². The van der Waals surface area contributed by atoms with Gasteiger partial charge in [-0.1, -0.05) is 23.2 Å². The molecule has 2 aromatic rings. The van der Waals surface area contributed by atoms with E-state index < -0.39 is 11.9 Å². The Morgan fingerprint density at radius 2 is 1.93 bits per heavy atom. The number of esters is 1. The van der Waals surface area contributed by atoms with Crippen LogP contribution < -0.4 is 10.1 Å². The number of anilines is 1. The number of hydrogen-bond donors (Lipinski definition) is 1. The van der Waals surface area contributed by atoms with Gasteiger partial charge in [0.25, 0.3) is 5.91 Å². The number of carbonyl (C=O) groups is 2. The van der Waals surface area contributed by atoms with Crippen LogP contribution in [0.25, 0.3) is 6.08 Å². The number of ether oxygens (including phenoxy) is 2. The maximum Gasteiger partial charge on any atom is 0.344 e. The van der Waals surface area contributed by atoms with Gasteiger partial charge in [0.05, 0.1) is 16.1 Å². The van der Waals surface area contributed by atoms with Crippen molar-refractivity contribution in [3.8, 4) is 11.8 Å². The number of benzene rings is 2. The van der Waals surface area contributed by atoms with Gasteiger partial charge in [-0.2, -0.15) is 5.26 Å². The van der Waals surface area contributed by atoms with E-state index in [1.54, 1.807) is 37.3 Å². The lowest BCUT2D eigenvalue weighted by Gasteiger charge is -2.11. The topological polar surface area (TPSA) is 88.4 Å². The number of hydrogen-bond acceptors (Lipinski definition) is 5. The van der Waals surface area contributed by atoms with Crippen molar-refractivity contribution in [2.75, 3.05) is 18.5 Å². The molecule has 0 saturated carbocycles. The second kappa shape index (κ2) is 10.9. The predicted octanol–water partition coefficient (Wildman–Crippen LogP) is 5.24. The van der Waals surface area contributed by atoms with Crippen molar-refractivity contribution in [2.45, 2.75) is 6.92 Å². The summed E-state index contributed by atoms with van der Waals surface area (Å²) < 4.78 is 10.6. The molecule has 0 atom stereocenters. The monoisotopic (exact) mass is 496 g/mol. The zero-order valence-corrected chi connectivity index (χ0v) is 18.3. The molecule has 0 aliphatic carbocycles. The number of amides is 1. The van der Waals surface area contributed by atoms with Crippen molar-refractivity contribution < 1.29 is 19.1 Å². The third kappa shape index (κ3) is 6.79. The normalized spacial score (nSPS) is 10.8. The van der Waals surface area contributed by atoms with Crippen molar-refractivity contribution in [1.82, 2.24) is 0 Å². The predicted molar refractivity (Wildman–Crippen MR) is 115 cm³/mol. The molecule has 0 aliphatic rings. The zero-order chi connectivity index (χ0) is 21.4. The average molecular weight is 498 g/mol. The second-order valence-electron chi connectivity index (χ2n) is 5.54. The Labute approximate surface area is 186 Å². The molecule has 0 heterocycles. The second-order valence-corrected chi connectivity index (χ2v) is 7.24. The van der Waals surface area contributed by atoms with Crippen LogP contribution in [0.1, 0.15) is 12.5 Å². The molecule has 0 aromatic heterocycles. The highest BCUT2D eigenvalue weighted by Gasteiger charge is 2.14. The van der Waals surface area contributed by atoms with Crippen LogP contribution >= 0.6 is 39.1 Å². The largest absolute Gasteiger partial charge is 0.479 e. The van der Waals surface area contributed by atoms with E-state index in [1.807, 2.05) is 6.07 Å². The lowest BCUT2D eigenvalue weighted by Crippen LogP contribution is -2.15. The number of nitrogens with zero attached hydrogens (tertiary/aromatic N) is 1. The van der Waals surface area contributed by atoms with E-state index >= 15 is 0 Å². The molecule has 0 aliphatic heterocycles. The highest BCUT2D eigenvalue weighted by molar-refractivity contribution is 9.10. The van der Waals surface area contributed by atoms with Gasteiger partial charge in [-0.3, -0.25) is 4.79 Å². The summed E-state index contributed by atoms with van der Waals surface area (Å²) in [4.78, 5) is 23.8. The van der Waals surface area contributed by atoms with E-state index in [2.05, 4.69) is 21.2 Å². The molecule has 9 heteroatoms. The SMILES string of the molecule is CCOC(=O)COc1c(Cl)cc(/C=C(/C#N)C(=O)Nc2ccc(Cl)cc2)cc1Br. The molecule has 0 unspecified atom stereocenters. The summed E-state index contributed by atoms with van der Waals surface area (Å²) in [5.41, 5.74) is 0.874. The van der Waals surface area contributed by atoms with Crippen LogP contribution in [0.5, 0.6) is 5.75 Å². The molecule has 1 amide bonds. The van der Waals surface area contributed by atoms with Crippen LogP contribution in [-0.4, -0.2) is 25.1 Å². The van der Waals surface area contributed by atoms with E-state index in [-0.39, 0.29) is 29.6 Å². The zero-order valence-electron chi connectivity index (χ0n) is 15.2. The molecular formula is C20H15BrCl2N2O4. The fraction of sp³-hybridized carbons (Fsp3) is 0.150. The smallest absolute Gasteiger partial charge is 0.344 e. The molecule has 150 valence electrons. The Bertz CT molecular complexity index is 962. The van der Waals surface area contributed by atoms with Gasteiger partial charge < -0.3 is 14.8 Å². The first-order valence-electron chi connectivity index (χ1n) is 8.30. The quantitative estimate of drug-likeness (QED) is 0.321. The molecule has 2 aromatic carbocycles. The fourth-order valence-corrected chi connectivity index (χ4v) is 3.30. The first-order chi connectivity index (χ1) is 13.8. The van der Waals surface area contributed by atoms with Gasteiger partial charge in [-0.05, 0) is 70.9 Å². The van der Waals surface area contributed by atoms with Crippen molar-refractivity contribution in [3.05, 3.63) is 62.1 Å². The third-order valence-electron chi connectivity index (χ3n) is 3.44. The van der Waals surface area contributed by atoms with E-state index in [9.17, 15) is 14.9 Å². The van der Waals surface area contributed by atoms with Gasteiger partial charge in [0.1, 0.15) is 11.6 Å². The number of halogens is 3. The van der Waals surface area contributed by atoms with Gasteiger partial charge in [-0.25, -0.2) is 4.79 Å². The van der Waals surface area contributed by atoms with Crippen molar-refractivity contribution in [2.24, 2.45) is 0 Å². The highest BCUT2D eigenvalue weighted by atomic mass is 79.9. The summed E-state index contributed by atoms with van der Waals surface area (Å²) in [7, 11) is 0. The molecule has 0 radical (unpaired) electrons. The van der Waals surface area contributed by atoms with Crippen LogP contribution in [0.15, 0.2) is 46.4 Å². The molecule has 6 nitrogen and oxygen atoms in total. The van der Waals surface area contributed by atoms with Crippen LogP contribution in [0.4, 0.5) is 5.69 Å². The summed E-state index contributed by atoms with van der Waals surface area (Å²) in [6.45, 7) is 1.64. The minimum Gasteiger partial charge on any atom is -0.479 e. The summed E-state index contributed by atoms with van der Waals surface area (Å²) in [5, 5.41) is 12.7. The number of nitrogens with one attached hydrogen (secondary N) is 1. The summed E-state index contributed by atoms with van der Waals surface area (Å²) in [6, 6.07) is 11.5. The van der Waals surface area contributed by atoms with Crippen LogP contribution in [0.2, 0.25) is 10.0 Å². The summed E-state index contributed by atoms with van der Waals surface area (Å²) in [5.74, 6) is -0.851. The molecule has 0 bridgehead atoms. The Kier molecular flexibility index (Phi) is 8.52. The van der Waals surface area contributed by atoms with Gasteiger partial charge in [0.2, 0.25) is 0 Å². The van der Waals surface area contributed by atoms with Crippen LogP contribution in [0, 0.1) is 11.3 Å². The first kappa shape index (κ1) is 22.8. The van der Waals surface area contributed by atoms with Crippen LogP contribution in [-0.2, 0) is 14.3 Å². The Morgan fingerprint density at radius 1 is 1.24 bits per heavy atom. The number of nitriles is 1. The molecule has 29 heavy (non-hydrogen) atoms. The standard InChI is InChI=1S/C20H15BrCl2N2O4/c1-2-28-18(26)11-29-19-16(21)8-12(9-17(19)23)7-13(10-24)20(27)25-15-5-3-14(22)4-6-15/h3-9H,2,11H2,1H3,(H,25,27)/b13-7-. The van der Waals surface area contributed by atoms with Crippen molar-refractivity contribution >= 4 is 62.8 Å². The lowest BCUT2D eigenvalue weighted by atomic mass is 10.1. The maximum atomic E-state index is 12.4. The van der Waals surface area contributed by atoms with Crippen LogP contribution in [0.3, 0.4) is 0 Å². The Balaban J connectivity index is 2.18. The molecule has 0 spiro atoms. The first-order valence-corrected chi connectivity index (χ1v) is 9.85. The molecule has 0 fully saturated rings. The lowest BCUT2D eigenvalue weighted by molar-refractivity contribution is -0.145. The average Bonchev–Trinajstić information content (AvgIpc) is 2.67. The third-order valence-corrected chi connectivity index (χ3v) is 4.56. The summed E-state index contributed by atoms with van der Waals surface area (Å²) in [6.07, 6.45) is 1.39. The van der Waals surface area contributed by atoms with E-state index in [4.69, 9.17) is 32.7 Å². The van der Waals surface area contributed by atoms with E-state index in [1.165, 1.54) is 12.1 Å². The fourth-order valence-electron chi connectivity index (χ4n) is 2.18. The molecule has 1 N–H and O–H groups in total. The highest BCUT2D eigenvalue weighted by Crippen LogP contribution is 2.35. The maximum absolute atomic E-state index is 12.4. The van der Waals surface area contributed by atoms with Gasteiger partial charge in [0.15, 0.2) is 12.4 Å². The Hall–Kier alpha value is -2.53. The minimum atomic E-state index is -0.579. The Morgan fingerprint density at radius 3 is 2.52 bits per heavy atom.